The van der Waals surface area contributed by atoms with Crippen molar-refractivity contribution in [1.82, 2.24) is 15.3 Å². The summed E-state index contributed by atoms with van der Waals surface area (Å²) in [5.41, 5.74) is 2.63. The third kappa shape index (κ3) is 3.25. The maximum absolute atomic E-state index is 9.62. The normalized spacial score (nSPS) is 10.7. The van der Waals surface area contributed by atoms with Crippen LogP contribution >= 0.6 is 11.3 Å². The Labute approximate surface area is 104 Å². The number of hydrogen-bond donors (Lipinski definition) is 2. The van der Waals surface area contributed by atoms with E-state index in [-0.39, 0.29) is 5.75 Å². The topological polar surface area (TPSA) is 58.0 Å². The number of aromatic hydroxyl groups is 1. The zero-order valence-electron chi connectivity index (χ0n) is 9.90. The lowest BCUT2D eigenvalue weighted by Crippen LogP contribution is -2.14. The highest BCUT2D eigenvalue weighted by Crippen LogP contribution is 2.14. The van der Waals surface area contributed by atoms with E-state index in [1.165, 1.54) is 0 Å². The van der Waals surface area contributed by atoms with E-state index in [1.54, 1.807) is 23.5 Å². The second-order valence-corrected chi connectivity index (χ2v) is 4.85. The van der Waals surface area contributed by atoms with Gasteiger partial charge in [-0.15, -0.1) is 11.3 Å². The Kier molecular flexibility index (Phi) is 3.71. The maximum Gasteiger partial charge on any atom is 0.138 e. The molecule has 2 heterocycles. The smallest absolute Gasteiger partial charge is 0.138 e. The summed E-state index contributed by atoms with van der Waals surface area (Å²) in [6.45, 7) is 5.14. The van der Waals surface area contributed by atoms with Crippen LogP contribution in [0.2, 0.25) is 0 Å². The van der Waals surface area contributed by atoms with Gasteiger partial charge in [-0.1, -0.05) is 0 Å². The Hall–Kier alpha value is -1.46. The average Bonchev–Trinajstić information content (AvgIpc) is 2.69. The third-order valence-electron chi connectivity index (χ3n) is 2.32. The van der Waals surface area contributed by atoms with E-state index < -0.39 is 0 Å². The number of rotatable bonds is 4. The number of hydrogen-bond acceptors (Lipinski definition) is 5. The summed E-state index contributed by atoms with van der Waals surface area (Å²) in [6.07, 6.45) is 0. The molecule has 90 valence electrons. The highest BCUT2D eigenvalue weighted by Gasteiger charge is 2.03. The van der Waals surface area contributed by atoms with Gasteiger partial charge in [-0.3, -0.25) is 4.98 Å². The van der Waals surface area contributed by atoms with Crippen molar-refractivity contribution in [2.45, 2.75) is 26.9 Å². The molecule has 2 rings (SSSR count). The van der Waals surface area contributed by atoms with E-state index in [2.05, 4.69) is 15.3 Å². The van der Waals surface area contributed by atoms with Gasteiger partial charge < -0.3 is 10.4 Å². The summed E-state index contributed by atoms with van der Waals surface area (Å²) in [4.78, 5) is 8.63. The molecule has 0 aromatic carbocycles. The first-order valence-corrected chi connectivity index (χ1v) is 6.30. The van der Waals surface area contributed by atoms with Gasteiger partial charge in [-0.25, -0.2) is 4.98 Å². The van der Waals surface area contributed by atoms with Crippen LogP contribution < -0.4 is 5.32 Å². The monoisotopic (exact) mass is 249 g/mol. The molecular formula is C12H15N3OS. The Morgan fingerprint density at radius 3 is 2.71 bits per heavy atom. The molecule has 0 bridgehead atoms. The van der Waals surface area contributed by atoms with E-state index in [9.17, 15) is 5.11 Å². The predicted octanol–water partition coefficient (Wildman–Crippen LogP) is 2.15. The van der Waals surface area contributed by atoms with Crippen molar-refractivity contribution in [1.29, 1.82) is 0 Å². The summed E-state index contributed by atoms with van der Waals surface area (Å²) in [5, 5.41) is 15.9. The van der Waals surface area contributed by atoms with Crippen molar-refractivity contribution in [2.75, 3.05) is 0 Å². The minimum atomic E-state index is 0.235. The van der Waals surface area contributed by atoms with Crippen LogP contribution in [0.5, 0.6) is 5.75 Å². The summed E-state index contributed by atoms with van der Waals surface area (Å²) in [6, 6.07) is 3.47. The molecule has 17 heavy (non-hydrogen) atoms. The van der Waals surface area contributed by atoms with Gasteiger partial charge >= 0.3 is 0 Å². The molecule has 5 heteroatoms. The van der Waals surface area contributed by atoms with E-state index in [4.69, 9.17) is 0 Å². The van der Waals surface area contributed by atoms with Crippen LogP contribution in [0.1, 0.15) is 22.1 Å². The van der Waals surface area contributed by atoms with Gasteiger partial charge in [0.2, 0.25) is 0 Å². The fourth-order valence-electron chi connectivity index (χ4n) is 1.50. The second-order valence-electron chi connectivity index (χ2n) is 3.90. The van der Waals surface area contributed by atoms with Crippen molar-refractivity contribution < 1.29 is 5.11 Å². The highest BCUT2D eigenvalue weighted by atomic mass is 32.1. The Morgan fingerprint density at radius 2 is 2.00 bits per heavy atom. The summed E-state index contributed by atoms with van der Waals surface area (Å²) in [5.74, 6) is 0.235. The minimum absolute atomic E-state index is 0.235. The number of thiazole rings is 1. The van der Waals surface area contributed by atoms with Crippen LogP contribution in [0.25, 0.3) is 0 Å². The molecule has 0 saturated carbocycles. The van der Waals surface area contributed by atoms with Gasteiger partial charge in [0, 0.05) is 29.9 Å². The van der Waals surface area contributed by atoms with Crippen LogP contribution in [-0.4, -0.2) is 15.1 Å². The molecule has 0 amide bonds. The second kappa shape index (κ2) is 5.25. The van der Waals surface area contributed by atoms with Gasteiger partial charge in [0.15, 0.2) is 0 Å². The molecule has 4 nitrogen and oxygen atoms in total. The number of aromatic nitrogens is 2. The standard InChI is InChI=1S/C12H15N3OS/c1-8-3-4-11(16)10(14-8)5-13-6-12-15-9(2)7-17-12/h3-4,7,13,16H,5-6H2,1-2H3. The molecule has 2 N–H and O–H groups in total. The number of aryl methyl sites for hydroxylation is 2. The summed E-state index contributed by atoms with van der Waals surface area (Å²) < 4.78 is 0. The van der Waals surface area contributed by atoms with E-state index >= 15 is 0 Å². The molecule has 0 aliphatic carbocycles. The SMILES string of the molecule is Cc1csc(CNCc2nc(C)ccc2O)n1. The van der Waals surface area contributed by atoms with E-state index in [1.807, 2.05) is 19.2 Å². The number of pyridine rings is 1. The Morgan fingerprint density at radius 1 is 1.18 bits per heavy atom. The van der Waals surface area contributed by atoms with Crippen LogP contribution in [0.3, 0.4) is 0 Å². The first kappa shape index (κ1) is 12.0. The molecule has 0 radical (unpaired) electrons. The van der Waals surface area contributed by atoms with Crippen LogP contribution in [0.15, 0.2) is 17.5 Å². The predicted molar refractivity (Wildman–Crippen MR) is 68.0 cm³/mol. The van der Waals surface area contributed by atoms with Crippen molar-refractivity contribution in [3.63, 3.8) is 0 Å². The summed E-state index contributed by atoms with van der Waals surface area (Å²) >= 11 is 1.64. The minimum Gasteiger partial charge on any atom is -0.506 e. The van der Waals surface area contributed by atoms with Gasteiger partial charge in [-0.2, -0.15) is 0 Å². The fourth-order valence-corrected chi connectivity index (χ4v) is 2.25. The van der Waals surface area contributed by atoms with Crippen molar-refractivity contribution in [3.05, 3.63) is 39.6 Å². The number of nitrogens with zero attached hydrogens (tertiary/aromatic N) is 2. The first-order valence-electron chi connectivity index (χ1n) is 5.42. The molecule has 2 aromatic rings. The molecule has 0 saturated heterocycles. The van der Waals surface area contributed by atoms with Crippen LogP contribution in [0, 0.1) is 13.8 Å². The number of nitrogens with one attached hydrogen (secondary N) is 1. The van der Waals surface area contributed by atoms with Gasteiger partial charge in [-0.05, 0) is 26.0 Å². The third-order valence-corrected chi connectivity index (χ3v) is 3.29. The molecule has 0 atom stereocenters. The van der Waals surface area contributed by atoms with Crippen LogP contribution in [-0.2, 0) is 13.1 Å². The van der Waals surface area contributed by atoms with Crippen molar-refractivity contribution in [2.24, 2.45) is 0 Å². The molecule has 0 aliphatic heterocycles. The lowest BCUT2D eigenvalue weighted by atomic mass is 10.3. The Balaban J connectivity index is 1.91. The van der Waals surface area contributed by atoms with Gasteiger partial charge in [0.1, 0.15) is 10.8 Å². The molecule has 0 aliphatic rings. The quantitative estimate of drug-likeness (QED) is 0.871. The molecule has 0 spiro atoms. The molecule has 0 fully saturated rings. The van der Waals surface area contributed by atoms with Crippen LogP contribution in [0.4, 0.5) is 0 Å². The fraction of sp³-hybridized carbons (Fsp3) is 0.333. The van der Waals surface area contributed by atoms with E-state index in [0.29, 0.717) is 18.8 Å². The highest BCUT2D eigenvalue weighted by molar-refractivity contribution is 7.09. The zero-order chi connectivity index (χ0) is 12.3. The Bertz CT molecular complexity index is 510. The molecular weight excluding hydrogens is 234 g/mol. The first-order chi connectivity index (χ1) is 8.15. The molecule has 2 aromatic heterocycles. The van der Waals surface area contributed by atoms with Gasteiger partial charge in [0.05, 0.1) is 5.69 Å². The maximum atomic E-state index is 9.62. The van der Waals surface area contributed by atoms with Crippen molar-refractivity contribution >= 4 is 11.3 Å². The largest absolute Gasteiger partial charge is 0.506 e. The molecule has 0 unspecified atom stereocenters. The average molecular weight is 249 g/mol. The van der Waals surface area contributed by atoms with Crippen molar-refractivity contribution in [3.8, 4) is 5.75 Å². The lowest BCUT2D eigenvalue weighted by Gasteiger charge is -2.05. The summed E-state index contributed by atoms with van der Waals surface area (Å²) in [7, 11) is 0. The van der Waals surface area contributed by atoms with Gasteiger partial charge in [0.25, 0.3) is 0 Å². The lowest BCUT2D eigenvalue weighted by molar-refractivity contribution is 0.459. The van der Waals surface area contributed by atoms with E-state index in [0.717, 1.165) is 16.4 Å². The zero-order valence-corrected chi connectivity index (χ0v) is 10.7.